The quantitative estimate of drug-likeness (QED) is 0.838. The Morgan fingerprint density at radius 1 is 1.08 bits per heavy atom. The number of aromatic nitrogens is 1. The highest BCUT2D eigenvalue weighted by Crippen LogP contribution is 2.32. The number of methoxy groups -OCH3 is 2. The molecule has 1 aromatic carbocycles. The lowest BCUT2D eigenvalue weighted by molar-refractivity contribution is 0.0988. The number of ether oxygens (including phenoxy) is 2. The molecular weight excluding hydrogens is 320 g/mol. The summed E-state index contributed by atoms with van der Waals surface area (Å²) >= 11 is 0. The van der Waals surface area contributed by atoms with E-state index in [9.17, 15) is 9.59 Å². The maximum Gasteiger partial charge on any atom is 0.258 e. The highest BCUT2D eigenvalue weighted by atomic mass is 16.5. The van der Waals surface area contributed by atoms with Crippen molar-refractivity contribution in [1.82, 2.24) is 4.98 Å². The fraction of sp³-hybridized carbons (Fsp3) is 0.368. The summed E-state index contributed by atoms with van der Waals surface area (Å²) in [7, 11) is 3.11. The van der Waals surface area contributed by atoms with Gasteiger partial charge >= 0.3 is 0 Å². The zero-order chi connectivity index (χ0) is 18.4. The maximum absolute atomic E-state index is 12.9. The first kappa shape index (κ1) is 18.6. The first-order valence-corrected chi connectivity index (χ1v) is 8.31. The van der Waals surface area contributed by atoms with Crippen LogP contribution in [0.3, 0.4) is 0 Å². The minimum absolute atomic E-state index is 0.224. The van der Waals surface area contributed by atoms with Crippen LogP contribution in [0.1, 0.15) is 36.3 Å². The molecule has 134 valence electrons. The highest BCUT2D eigenvalue weighted by Gasteiger charge is 2.19. The Bertz CT molecular complexity index is 798. The number of amides is 1. The Morgan fingerprint density at radius 2 is 1.80 bits per heavy atom. The van der Waals surface area contributed by atoms with Gasteiger partial charge in [0.15, 0.2) is 11.5 Å². The zero-order valence-electron chi connectivity index (χ0n) is 15.1. The molecule has 1 amide bonds. The molecule has 0 aliphatic rings. The number of aryl methyl sites for hydroxylation is 1. The lowest BCUT2D eigenvalue weighted by Gasteiger charge is -2.22. The van der Waals surface area contributed by atoms with E-state index in [4.69, 9.17) is 9.47 Å². The molecule has 0 radical (unpaired) electrons. The highest BCUT2D eigenvalue weighted by molar-refractivity contribution is 6.06. The predicted octanol–water partition coefficient (Wildman–Crippen LogP) is 3.01. The van der Waals surface area contributed by atoms with Gasteiger partial charge in [-0.05, 0) is 31.5 Å². The Morgan fingerprint density at radius 3 is 2.40 bits per heavy atom. The van der Waals surface area contributed by atoms with E-state index in [1.165, 1.54) is 6.07 Å². The van der Waals surface area contributed by atoms with Crippen molar-refractivity contribution in [2.75, 3.05) is 25.7 Å². The van der Waals surface area contributed by atoms with Crippen LogP contribution >= 0.6 is 0 Å². The van der Waals surface area contributed by atoms with Crippen LogP contribution in [0.4, 0.5) is 5.69 Å². The Labute approximate surface area is 147 Å². The van der Waals surface area contributed by atoms with Gasteiger partial charge in [0.2, 0.25) is 5.56 Å². The molecule has 25 heavy (non-hydrogen) atoms. The van der Waals surface area contributed by atoms with E-state index in [2.05, 4.69) is 4.98 Å². The fourth-order valence-electron chi connectivity index (χ4n) is 2.72. The van der Waals surface area contributed by atoms with Crippen LogP contribution in [0.25, 0.3) is 0 Å². The number of aromatic amines is 1. The van der Waals surface area contributed by atoms with Gasteiger partial charge in [0, 0.05) is 35.6 Å². The van der Waals surface area contributed by atoms with Crippen molar-refractivity contribution in [3.05, 3.63) is 51.9 Å². The normalized spacial score (nSPS) is 10.4. The second-order valence-corrected chi connectivity index (χ2v) is 5.60. The Kier molecular flexibility index (Phi) is 6.22. The minimum atomic E-state index is -0.266. The van der Waals surface area contributed by atoms with E-state index in [1.54, 1.807) is 43.4 Å². The van der Waals surface area contributed by atoms with Gasteiger partial charge in [0.05, 0.1) is 14.2 Å². The molecule has 0 unspecified atom stereocenters. The maximum atomic E-state index is 12.9. The van der Waals surface area contributed by atoms with Crippen LogP contribution in [-0.4, -0.2) is 31.7 Å². The van der Waals surface area contributed by atoms with Gasteiger partial charge in [-0.2, -0.15) is 0 Å². The van der Waals surface area contributed by atoms with Gasteiger partial charge < -0.3 is 19.4 Å². The van der Waals surface area contributed by atoms with E-state index < -0.39 is 0 Å². The van der Waals surface area contributed by atoms with Gasteiger partial charge in [-0.3, -0.25) is 9.59 Å². The molecule has 0 saturated heterocycles. The average molecular weight is 344 g/mol. The summed E-state index contributed by atoms with van der Waals surface area (Å²) < 4.78 is 10.5. The lowest BCUT2D eigenvalue weighted by atomic mass is 10.1. The van der Waals surface area contributed by atoms with Crippen LogP contribution in [0, 0.1) is 0 Å². The van der Waals surface area contributed by atoms with Crippen molar-refractivity contribution in [2.45, 2.75) is 26.7 Å². The number of nitrogens with one attached hydrogen (secondary N) is 1. The first-order valence-electron chi connectivity index (χ1n) is 8.31. The summed E-state index contributed by atoms with van der Waals surface area (Å²) in [6, 6.07) is 8.38. The van der Waals surface area contributed by atoms with E-state index >= 15 is 0 Å². The van der Waals surface area contributed by atoms with Crippen LogP contribution in [0.5, 0.6) is 11.5 Å². The number of anilines is 1. The number of rotatable bonds is 7. The summed E-state index contributed by atoms with van der Waals surface area (Å²) in [6.45, 7) is 4.37. The molecule has 0 aliphatic carbocycles. The van der Waals surface area contributed by atoms with E-state index in [1.807, 2.05) is 13.8 Å². The molecule has 0 bridgehead atoms. The van der Waals surface area contributed by atoms with Gasteiger partial charge in [-0.1, -0.05) is 13.3 Å². The molecule has 0 fully saturated rings. The third-order valence-corrected chi connectivity index (χ3v) is 3.91. The van der Waals surface area contributed by atoms with Crippen LogP contribution in [-0.2, 0) is 6.42 Å². The van der Waals surface area contributed by atoms with Gasteiger partial charge in [0.1, 0.15) is 0 Å². The number of hydrogen-bond donors (Lipinski definition) is 1. The van der Waals surface area contributed by atoms with Gasteiger partial charge in [0.25, 0.3) is 5.91 Å². The van der Waals surface area contributed by atoms with E-state index in [0.29, 0.717) is 29.3 Å². The Hall–Kier alpha value is -2.76. The number of carbonyl (C=O) groups is 1. The van der Waals surface area contributed by atoms with Crippen LogP contribution in [0.2, 0.25) is 0 Å². The Balaban J connectivity index is 2.40. The number of hydrogen-bond acceptors (Lipinski definition) is 4. The zero-order valence-corrected chi connectivity index (χ0v) is 15.1. The average Bonchev–Trinajstić information content (AvgIpc) is 2.61. The summed E-state index contributed by atoms with van der Waals surface area (Å²) in [5.74, 6) is 0.915. The second kappa shape index (κ2) is 8.37. The SMILES string of the molecule is CCCc1cc(C(=O)N(CC)c2ccc(OC)c(OC)c2)cc(=O)[nH]1. The predicted molar refractivity (Wildman–Crippen MR) is 98.0 cm³/mol. The molecule has 2 aromatic rings. The number of pyridine rings is 1. The summed E-state index contributed by atoms with van der Waals surface area (Å²) in [5.41, 5.74) is 1.56. The minimum Gasteiger partial charge on any atom is -0.493 e. The van der Waals surface area contributed by atoms with Crippen molar-refractivity contribution in [2.24, 2.45) is 0 Å². The summed E-state index contributed by atoms with van der Waals surface area (Å²) in [5, 5.41) is 0. The third kappa shape index (κ3) is 4.21. The second-order valence-electron chi connectivity index (χ2n) is 5.60. The molecule has 1 N–H and O–H groups in total. The van der Waals surface area contributed by atoms with Crippen LogP contribution < -0.4 is 19.9 Å². The molecule has 1 aromatic heterocycles. The molecule has 6 heteroatoms. The van der Waals surface area contributed by atoms with Crippen LogP contribution in [0.15, 0.2) is 35.1 Å². The van der Waals surface area contributed by atoms with E-state index in [0.717, 1.165) is 18.5 Å². The fourth-order valence-corrected chi connectivity index (χ4v) is 2.72. The standard InChI is InChI=1S/C19H24N2O4/c1-5-7-14-10-13(11-18(22)20-14)19(23)21(6-2)15-8-9-16(24-3)17(12-15)25-4/h8-12H,5-7H2,1-4H3,(H,20,22). The van der Waals surface area contributed by atoms with Crippen molar-refractivity contribution < 1.29 is 14.3 Å². The molecule has 6 nitrogen and oxygen atoms in total. The first-order chi connectivity index (χ1) is 12.0. The third-order valence-electron chi connectivity index (χ3n) is 3.91. The molecule has 1 heterocycles. The molecule has 0 saturated carbocycles. The van der Waals surface area contributed by atoms with Crippen molar-refractivity contribution in [1.29, 1.82) is 0 Å². The van der Waals surface area contributed by atoms with Crippen molar-refractivity contribution >= 4 is 11.6 Å². The number of H-pyrrole nitrogens is 1. The summed E-state index contributed by atoms with van der Waals surface area (Å²) in [4.78, 5) is 29.2. The molecule has 2 rings (SSSR count). The lowest BCUT2D eigenvalue weighted by Crippen LogP contribution is -2.31. The molecule has 0 atom stereocenters. The van der Waals surface area contributed by atoms with Crippen molar-refractivity contribution in [3.63, 3.8) is 0 Å². The van der Waals surface area contributed by atoms with Gasteiger partial charge in [-0.25, -0.2) is 0 Å². The number of carbonyl (C=O) groups excluding carboxylic acids is 1. The monoisotopic (exact) mass is 344 g/mol. The topological polar surface area (TPSA) is 71.6 Å². The molecule has 0 spiro atoms. The molecular formula is C19H24N2O4. The summed E-state index contributed by atoms with van der Waals surface area (Å²) in [6.07, 6.45) is 1.61. The van der Waals surface area contributed by atoms with E-state index in [-0.39, 0.29) is 11.5 Å². The number of benzene rings is 1. The number of nitrogens with zero attached hydrogens (tertiary/aromatic N) is 1. The molecule has 0 aliphatic heterocycles. The largest absolute Gasteiger partial charge is 0.493 e. The van der Waals surface area contributed by atoms with Crippen molar-refractivity contribution in [3.8, 4) is 11.5 Å². The van der Waals surface area contributed by atoms with Gasteiger partial charge in [-0.15, -0.1) is 0 Å². The smallest absolute Gasteiger partial charge is 0.258 e.